The van der Waals surface area contributed by atoms with E-state index in [1.54, 1.807) is 17.0 Å². The van der Waals surface area contributed by atoms with Crippen molar-refractivity contribution in [1.82, 2.24) is 9.80 Å². The van der Waals surface area contributed by atoms with Crippen LogP contribution in [0, 0.1) is 10.8 Å². The van der Waals surface area contributed by atoms with Crippen molar-refractivity contribution in [3.8, 4) is 5.75 Å². The third-order valence-corrected chi connectivity index (χ3v) is 6.42. The predicted molar refractivity (Wildman–Crippen MR) is 132 cm³/mol. The van der Waals surface area contributed by atoms with Crippen LogP contribution >= 0.6 is 11.6 Å². The van der Waals surface area contributed by atoms with E-state index in [0.717, 1.165) is 18.4 Å². The molecule has 0 unspecified atom stereocenters. The molecule has 1 aliphatic rings. The SMILES string of the molecule is CN(Cc1ccccc1)C(=O)C[C@]1(COc2ccc(Cl)cc2)CCCN(C(=O)C(C)(C)C)C1. The molecule has 0 aromatic heterocycles. The summed E-state index contributed by atoms with van der Waals surface area (Å²) in [5, 5.41) is 0.648. The summed E-state index contributed by atoms with van der Waals surface area (Å²) in [4.78, 5) is 30.0. The summed E-state index contributed by atoms with van der Waals surface area (Å²) in [6.07, 6.45) is 2.01. The van der Waals surface area contributed by atoms with E-state index in [1.807, 2.05) is 75.2 Å². The largest absolute Gasteiger partial charge is 0.493 e. The fraction of sp³-hybridized carbons (Fsp3) is 0.481. The van der Waals surface area contributed by atoms with Gasteiger partial charge >= 0.3 is 0 Å². The highest BCUT2D eigenvalue weighted by Crippen LogP contribution is 2.37. The third kappa shape index (κ3) is 6.97. The molecular weight excluding hydrogens is 436 g/mol. The number of ether oxygens (including phenoxy) is 1. The van der Waals surface area contributed by atoms with Crippen LogP contribution in [0.1, 0.15) is 45.6 Å². The molecule has 0 radical (unpaired) electrons. The maximum atomic E-state index is 13.3. The number of nitrogens with zero attached hydrogens (tertiary/aromatic N) is 2. The number of hydrogen-bond acceptors (Lipinski definition) is 3. The number of carbonyl (C=O) groups is 2. The van der Waals surface area contributed by atoms with Crippen molar-refractivity contribution >= 4 is 23.4 Å². The highest BCUT2D eigenvalue weighted by Gasteiger charge is 2.42. The summed E-state index contributed by atoms with van der Waals surface area (Å²) in [5.74, 6) is 0.884. The first kappa shape index (κ1) is 25.1. The Morgan fingerprint density at radius 2 is 1.76 bits per heavy atom. The zero-order chi connectivity index (χ0) is 24.1. The standard InChI is InChI=1S/C27H35ClN2O3/c1-26(2,3)25(32)30-16-8-15-27(19-30,20-33-23-13-11-22(28)12-14-23)17-24(31)29(4)18-21-9-6-5-7-10-21/h5-7,9-14H,8,15-20H2,1-4H3/t27-/m1/s1. The van der Waals surface area contributed by atoms with Crippen LogP contribution in [-0.2, 0) is 16.1 Å². The van der Waals surface area contributed by atoms with E-state index in [-0.39, 0.29) is 11.8 Å². The van der Waals surface area contributed by atoms with Crippen molar-refractivity contribution in [1.29, 1.82) is 0 Å². The van der Waals surface area contributed by atoms with E-state index < -0.39 is 10.8 Å². The van der Waals surface area contributed by atoms with Crippen molar-refractivity contribution in [2.45, 2.75) is 46.6 Å². The fourth-order valence-corrected chi connectivity index (χ4v) is 4.46. The maximum Gasteiger partial charge on any atom is 0.227 e. The zero-order valence-corrected chi connectivity index (χ0v) is 20.9. The Labute approximate surface area is 202 Å². The number of benzene rings is 2. The summed E-state index contributed by atoms with van der Waals surface area (Å²) >= 11 is 6.00. The molecule has 0 spiro atoms. The van der Waals surface area contributed by atoms with E-state index in [4.69, 9.17) is 16.3 Å². The van der Waals surface area contributed by atoms with Crippen molar-refractivity contribution in [2.75, 3.05) is 26.7 Å². The van der Waals surface area contributed by atoms with Gasteiger partial charge in [0.2, 0.25) is 11.8 Å². The molecule has 2 amide bonds. The lowest BCUT2D eigenvalue weighted by atomic mass is 9.76. The average molecular weight is 471 g/mol. The molecule has 1 aliphatic heterocycles. The molecular formula is C27H35ClN2O3. The summed E-state index contributed by atoms with van der Waals surface area (Å²) in [5.41, 5.74) is 0.183. The highest BCUT2D eigenvalue weighted by molar-refractivity contribution is 6.30. The van der Waals surface area contributed by atoms with Crippen LogP contribution in [0.4, 0.5) is 0 Å². The molecule has 0 bridgehead atoms. The Hall–Kier alpha value is -2.53. The van der Waals surface area contributed by atoms with Crippen LogP contribution < -0.4 is 4.74 Å². The first-order chi connectivity index (χ1) is 15.6. The molecule has 2 aromatic carbocycles. The molecule has 3 rings (SSSR count). The Balaban J connectivity index is 1.77. The van der Waals surface area contributed by atoms with Crippen LogP contribution in [0.25, 0.3) is 0 Å². The van der Waals surface area contributed by atoms with Crippen LogP contribution in [-0.4, -0.2) is 48.4 Å². The van der Waals surface area contributed by atoms with Gasteiger partial charge in [0.25, 0.3) is 0 Å². The number of halogens is 1. The second-order valence-electron chi connectivity index (χ2n) is 10.2. The monoisotopic (exact) mass is 470 g/mol. The summed E-state index contributed by atoms with van der Waals surface area (Å²) in [6.45, 7) is 7.97. The molecule has 6 heteroatoms. The Kier molecular flexibility index (Phi) is 8.06. The fourth-order valence-electron chi connectivity index (χ4n) is 4.34. The molecule has 2 aromatic rings. The topological polar surface area (TPSA) is 49.9 Å². The van der Waals surface area contributed by atoms with Crippen molar-refractivity contribution in [2.24, 2.45) is 10.8 Å². The van der Waals surface area contributed by atoms with Crippen molar-refractivity contribution in [3.05, 3.63) is 65.2 Å². The number of carbonyl (C=O) groups excluding carboxylic acids is 2. The van der Waals surface area contributed by atoms with Gasteiger partial charge in [-0.3, -0.25) is 9.59 Å². The molecule has 33 heavy (non-hydrogen) atoms. The Bertz CT molecular complexity index is 940. The summed E-state index contributed by atoms with van der Waals surface area (Å²) in [6, 6.07) is 17.2. The van der Waals surface area contributed by atoms with Gasteiger partial charge in [-0.05, 0) is 42.7 Å². The van der Waals surface area contributed by atoms with E-state index in [1.165, 1.54) is 0 Å². The number of amides is 2. The quantitative estimate of drug-likeness (QED) is 0.542. The zero-order valence-electron chi connectivity index (χ0n) is 20.1. The van der Waals surface area contributed by atoms with Crippen molar-refractivity contribution in [3.63, 3.8) is 0 Å². The molecule has 5 nitrogen and oxygen atoms in total. The van der Waals surface area contributed by atoms with Crippen LogP contribution in [0.15, 0.2) is 54.6 Å². The highest BCUT2D eigenvalue weighted by atomic mass is 35.5. The van der Waals surface area contributed by atoms with Gasteiger partial charge in [-0.25, -0.2) is 0 Å². The maximum absolute atomic E-state index is 13.3. The van der Waals surface area contributed by atoms with Gasteiger partial charge < -0.3 is 14.5 Å². The lowest BCUT2D eigenvalue weighted by Gasteiger charge is -2.44. The molecule has 0 saturated carbocycles. The summed E-state index contributed by atoms with van der Waals surface area (Å²) in [7, 11) is 1.84. The molecule has 1 atom stereocenters. The minimum atomic E-state index is -0.464. The van der Waals surface area contributed by atoms with Crippen LogP contribution in [0.5, 0.6) is 5.75 Å². The number of rotatable bonds is 7. The van der Waals surface area contributed by atoms with Gasteiger partial charge in [0.05, 0.1) is 6.61 Å². The van der Waals surface area contributed by atoms with Gasteiger partial charge in [0.1, 0.15) is 5.75 Å². The minimum absolute atomic E-state index is 0.0589. The molecule has 0 aliphatic carbocycles. The predicted octanol–water partition coefficient (Wildman–Crippen LogP) is 5.42. The second kappa shape index (κ2) is 10.6. The number of piperidine rings is 1. The number of hydrogen-bond donors (Lipinski definition) is 0. The first-order valence-electron chi connectivity index (χ1n) is 11.5. The lowest BCUT2D eigenvalue weighted by Crippen LogP contribution is -2.53. The Morgan fingerprint density at radius 1 is 1.09 bits per heavy atom. The van der Waals surface area contributed by atoms with Gasteiger partial charge in [-0.15, -0.1) is 0 Å². The summed E-state index contributed by atoms with van der Waals surface area (Å²) < 4.78 is 6.15. The average Bonchev–Trinajstić information content (AvgIpc) is 2.78. The smallest absolute Gasteiger partial charge is 0.227 e. The van der Waals surface area contributed by atoms with Gasteiger partial charge in [-0.2, -0.15) is 0 Å². The van der Waals surface area contributed by atoms with Crippen LogP contribution in [0.3, 0.4) is 0 Å². The molecule has 1 fully saturated rings. The van der Waals surface area contributed by atoms with Gasteiger partial charge in [-0.1, -0.05) is 62.7 Å². The minimum Gasteiger partial charge on any atom is -0.493 e. The molecule has 1 saturated heterocycles. The lowest BCUT2D eigenvalue weighted by molar-refractivity contribution is -0.146. The molecule has 178 valence electrons. The molecule has 1 heterocycles. The second-order valence-corrected chi connectivity index (χ2v) is 10.7. The normalized spacial score (nSPS) is 18.6. The third-order valence-electron chi connectivity index (χ3n) is 6.16. The first-order valence-corrected chi connectivity index (χ1v) is 11.9. The van der Waals surface area contributed by atoms with E-state index in [9.17, 15) is 9.59 Å². The van der Waals surface area contributed by atoms with Crippen LogP contribution in [0.2, 0.25) is 5.02 Å². The van der Waals surface area contributed by atoms with E-state index >= 15 is 0 Å². The van der Waals surface area contributed by atoms with E-state index in [0.29, 0.717) is 43.4 Å². The van der Waals surface area contributed by atoms with E-state index in [2.05, 4.69) is 0 Å². The van der Waals surface area contributed by atoms with Crippen molar-refractivity contribution < 1.29 is 14.3 Å². The van der Waals surface area contributed by atoms with Gasteiger partial charge in [0, 0.05) is 49.0 Å². The Morgan fingerprint density at radius 3 is 2.39 bits per heavy atom. The van der Waals surface area contributed by atoms with Gasteiger partial charge in [0.15, 0.2) is 0 Å². The molecule has 0 N–H and O–H groups in total. The number of likely N-dealkylation sites (tertiary alicyclic amines) is 1.